The lowest BCUT2D eigenvalue weighted by Crippen LogP contribution is -2.19. The normalized spacial score (nSPS) is 16.0. The zero-order chi connectivity index (χ0) is 9.14. The van der Waals surface area contributed by atoms with E-state index in [1.54, 1.807) is 0 Å². The first-order valence-corrected chi connectivity index (χ1v) is 4.42. The van der Waals surface area contributed by atoms with E-state index in [9.17, 15) is 0 Å². The third-order valence-corrected chi connectivity index (χ3v) is 2.30. The molecule has 1 aromatic heterocycles. The van der Waals surface area contributed by atoms with Crippen LogP contribution in [0.2, 0.25) is 0 Å². The summed E-state index contributed by atoms with van der Waals surface area (Å²) in [4.78, 5) is 7.36. The third kappa shape index (κ3) is 1.85. The van der Waals surface area contributed by atoms with Gasteiger partial charge in [-0.25, -0.2) is 4.98 Å². The van der Waals surface area contributed by atoms with Gasteiger partial charge in [0.2, 0.25) is 0 Å². The van der Waals surface area contributed by atoms with Gasteiger partial charge in [-0.3, -0.25) is 0 Å². The minimum absolute atomic E-state index is 0.0451. The Balaban J connectivity index is 2.70. The summed E-state index contributed by atoms with van der Waals surface area (Å²) in [6, 6.07) is 0.0451. The van der Waals surface area contributed by atoms with Crippen molar-refractivity contribution < 1.29 is 0 Å². The number of nitrogens with two attached hydrogens (primary N) is 1. The molecule has 0 aromatic carbocycles. The molecule has 0 aliphatic carbocycles. The van der Waals surface area contributed by atoms with Crippen LogP contribution >= 0.6 is 0 Å². The van der Waals surface area contributed by atoms with E-state index in [0.29, 0.717) is 5.92 Å². The van der Waals surface area contributed by atoms with Gasteiger partial charge in [0, 0.05) is 11.9 Å². The summed E-state index contributed by atoms with van der Waals surface area (Å²) in [5.74, 6) is 1.39. The lowest BCUT2D eigenvalue weighted by molar-refractivity contribution is 0.441. The predicted molar refractivity (Wildman–Crippen MR) is 49.7 cm³/mol. The number of hydrogen-bond acceptors (Lipinski definition) is 2. The van der Waals surface area contributed by atoms with Gasteiger partial charge in [-0.15, -0.1) is 0 Å². The molecule has 3 N–H and O–H groups in total. The molecule has 3 heteroatoms. The SMILES string of the molecule is CCC(C)C(N)c1ncc(C)[nH]1. The van der Waals surface area contributed by atoms with Crippen molar-refractivity contribution in [2.45, 2.75) is 33.2 Å². The predicted octanol–water partition coefficient (Wildman–Crippen LogP) is 1.76. The number of aromatic amines is 1. The highest BCUT2D eigenvalue weighted by Gasteiger charge is 2.15. The number of hydrogen-bond donors (Lipinski definition) is 2. The molecule has 0 aliphatic heterocycles. The summed E-state index contributed by atoms with van der Waals surface area (Å²) >= 11 is 0. The van der Waals surface area contributed by atoms with Crippen LogP contribution in [0.1, 0.15) is 37.8 Å². The van der Waals surface area contributed by atoms with Gasteiger partial charge in [-0.1, -0.05) is 20.3 Å². The fourth-order valence-corrected chi connectivity index (χ4v) is 1.13. The van der Waals surface area contributed by atoms with E-state index in [1.165, 1.54) is 0 Å². The molecule has 1 heterocycles. The molecule has 2 unspecified atom stereocenters. The zero-order valence-corrected chi connectivity index (χ0v) is 7.96. The van der Waals surface area contributed by atoms with Crippen molar-refractivity contribution in [2.75, 3.05) is 0 Å². The van der Waals surface area contributed by atoms with Crippen LogP contribution in [0.3, 0.4) is 0 Å². The molecule has 1 aromatic rings. The van der Waals surface area contributed by atoms with Gasteiger partial charge in [-0.2, -0.15) is 0 Å². The van der Waals surface area contributed by atoms with Crippen molar-refractivity contribution in [3.63, 3.8) is 0 Å². The summed E-state index contributed by atoms with van der Waals surface area (Å²) in [5.41, 5.74) is 7.04. The van der Waals surface area contributed by atoms with E-state index in [2.05, 4.69) is 23.8 Å². The standard InChI is InChI=1S/C9H17N3/c1-4-6(2)8(10)9-11-5-7(3)12-9/h5-6,8H,4,10H2,1-3H3,(H,11,12). The first kappa shape index (κ1) is 9.26. The van der Waals surface area contributed by atoms with Crippen LogP contribution in [0.5, 0.6) is 0 Å². The van der Waals surface area contributed by atoms with Crippen molar-refractivity contribution in [3.8, 4) is 0 Å². The van der Waals surface area contributed by atoms with E-state index in [1.807, 2.05) is 13.1 Å². The van der Waals surface area contributed by atoms with E-state index >= 15 is 0 Å². The molecule has 0 spiro atoms. The van der Waals surface area contributed by atoms with Crippen molar-refractivity contribution in [1.29, 1.82) is 0 Å². The Morgan fingerprint density at radius 1 is 1.67 bits per heavy atom. The molecule has 0 radical (unpaired) electrons. The van der Waals surface area contributed by atoms with Gasteiger partial charge in [0.15, 0.2) is 0 Å². The highest BCUT2D eigenvalue weighted by Crippen LogP contribution is 2.18. The van der Waals surface area contributed by atoms with Gasteiger partial charge in [0.05, 0.1) is 6.04 Å². The first-order chi connectivity index (χ1) is 5.65. The van der Waals surface area contributed by atoms with E-state index in [-0.39, 0.29) is 6.04 Å². The quantitative estimate of drug-likeness (QED) is 0.720. The van der Waals surface area contributed by atoms with Crippen LogP contribution in [0.15, 0.2) is 6.20 Å². The summed E-state index contributed by atoms with van der Waals surface area (Å²) in [5, 5.41) is 0. The minimum Gasteiger partial charge on any atom is -0.345 e. The zero-order valence-electron chi connectivity index (χ0n) is 7.96. The second kappa shape index (κ2) is 3.72. The number of imidazole rings is 1. The molecular weight excluding hydrogens is 150 g/mol. The maximum atomic E-state index is 5.97. The van der Waals surface area contributed by atoms with Gasteiger partial charge < -0.3 is 10.7 Å². The molecular formula is C9H17N3. The highest BCUT2D eigenvalue weighted by molar-refractivity contribution is 5.03. The highest BCUT2D eigenvalue weighted by atomic mass is 15.0. The molecule has 1 rings (SSSR count). The average molecular weight is 167 g/mol. The Kier molecular flexibility index (Phi) is 2.87. The molecule has 0 saturated carbocycles. The number of nitrogens with one attached hydrogen (secondary N) is 1. The van der Waals surface area contributed by atoms with Crippen LogP contribution in [0.25, 0.3) is 0 Å². The summed E-state index contributed by atoms with van der Waals surface area (Å²) < 4.78 is 0. The Hall–Kier alpha value is -0.830. The fraction of sp³-hybridized carbons (Fsp3) is 0.667. The van der Waals surface area contributed by atoms with Gasteiger partial charge in [-0.05, 0) is 12.8 Å². The first-order valence-electron chi connectivity index (χ1n) is 4.42. The number of H-pyrrole nitrogens is 1. The van der Waals surface area contributed by atoms with Crippen LogP contribution in [-0.4, -0.2) is 9.97 Å². The van der Waals surface area contributed by atoms with E-state index in [0.717, 1.165) is 17.9 Å². The van der Waals surface area contributed by atoms with Crippen LogP contribution in [0.4, 0.5) is 0 Å². The lowest BCUT2D eigenvalue weighted by Gasteiger charge is -2.15. The van der Waals surface area contributed by atoms with Crippen molar-refractivity contribution in [3.05, 3.63) is 17.7 Å². The second-order valence-corrected chi connectivity index (χ2v) is 3.36. The summed E-state index contributed by atoms with van der Waals surface area (Å²) in [7, 11) is 0. The van der Waals surface area contributed by atoms with Crippen molar-refractivity contribution in [1.82, 2.24) is 9.97 Å². The fourth-order valence-electron chi connectivity index (χ4n) is 1.13. The Morgan fingerprint density at radius 3 is 2.75 bits per heavy atom. The Labute approximate surface area is 73.4 Å². The van der Waals surface area contributed by atoms with Gasteiger partial charge >= 0.3 is 0 Å². The molecule has 0 fully saturated rings. The van der Waals surface area contributed by atoms with Crippen molar-refractivity contribution in [2.24, 2.45) is 11.7 Å². The van der Waals surface area contributed by atoms with E-state index in [4.69, 9.17) is 5.73 Å². The van der Waals surface area contributed by atoms with E-state index < -0.39 is 0 Å². The largest absolute Gasteiger partial charge is 0.345 e. The Morgan fingerprint density at radius 2 is 2.33 bits per heavy atom. The Bertz CT molecular complexity index is 242. The maximum absolute atomic E-state index is 5.97. The molecule has 0 bridgehead atoms. The third-order valence-electron chi connectivity index (χ3n) is 2.30. The topological polar surface area (TPSA) is 54.7 Å². The average Bonchev–Trinajstić information content (AvgIpc) is 2.49. The number of rotatable bonds is 3. The van der Waals surface area contributed by atoms with Crippen molar-refractivity contribution >= 4 is 0 Å². The van der Waals surface area contributed by atoms with Crippen LogP contribution < -0.4 is 5.73 Å². The number of aryl methyl sites for hydroxylation is 1. The molecule has 68 valence electrons. The lowest BCUT2D eigenvalue weighted by atomic mass is 10.00. The summed E-state index contributed by atoms with van der Waals surface area (Å²) in [6.45, 7) is 6.27. The number of aromatic nitrogens is 2. The molecule has 2 atom stereocenters. The molecule has 3 nitrogen and oxygen atoms in total. The van der Waals surface area contributed by atoms with Gasteiger partial charge in [0.1, 0.15) is 5.82 Å². The maximum Gasteiger partial charge on any atom is 0.123 e. The number of nitrogens with zero attached hydrogens (tertiary/aromatic N) is 1. The monoisotopic (exact) mass is 167 g/mol. The smallest absolute Gasteiger partial charge is 0.123 e. The van der Waals surface area contributed by atoms with Gasteiger partial charge in [0.25, 0.3) is 0 Å². The second-order valence-electron chi connectivity index (χ2n) is 3.36. The summed E-state index contributed by atoms with van der Waals surface area (Å²) in [6.07, 6.45) is 2.90. The molecule has 12 heavy (non-hydrogen) atoms. The minimum atomic E-state index is 0.0451. The molecule has 0 amide bonds. The van der Waals surface area contributed by atoms with Crippen LogP contribution in [0, 0.1) is 12.8 Å². The molecule has 0 saturated heterocycles. The van der Waals surface area contributed by atoms with Crippen LogP contribution in [-0.2, 0) is 0 Å². The molecule has 0 aliphatic rings.